The smallest absolute Gasteiger partial charge is 0.410 e. The van der Waals surface area contributed by atoms with Crippen LogP contribution in [0.1, 0.15) is 145 Å². The molecule has 0 spiro atoms. The lowest BCUT2D eigenvalue weighted by Gasteiger charge is -2.40. The third-order valence-corrected chi connectivity index (χ3v) is 26.5. The highest BCUT2D eigenvalue weighted by atomic mass is 79.9. The maximum atomic E-state index is 13.3. The molecule has 8 heterocycles. The Labute approximate surface area is 652 Å². The van der Waals surface area contributed by atoms with E-state index in [1.54, 1.807) is 9.80 Å². The lowest BCUT2D eigenvalue weighted by molar-refractivity contribution is -0.135. The van der Waals surface area contributed by atoms with E-state index in [-0.39, 0.29) is 42.1 Å². The number of nitrogens with two attached hydrogens (primary N) is 1. The van der Waals surface area contributed by atoms with Crippen LogP contribution in [0.3, 0.4) is 0 Å². The minimum Gasteiger partial charge on any atom is -0.444 e. The summed E-state index contributed by atoms with van der Waals surface area (Å²) in [6.07, 6.45) is 15.4. The van der Waals surface area contributed by atoms with Gasteiger partial charge in [0.1, 0.15) is 5.60 Å². The molecular weight excluding hydrogens is 1720 g/mol. The Bertz CT molecular complexity index is 4000. The number of pyridine rings is 3. The molecule has 534 valence electrons. The summed E-state index contributed by atoms with van der Waals surface area (Å²) in [5.41, 5.74) is 19.7. The number of aryl methyl sites for hydroxylation is 3. The van der Waals surface area contributed by atoms with Gasteiger partial charge in [-0.05, 0) is 279 Å². The van der Waals surface area contributed by atoms with E-state index < -0.39 is 5.60 Å². The van der Waals surface area contributed by atoms with Crippen LogP contribution in [0.5, 0.6) is 0 Å². The van der Waals surface area contributed by atoms with Crippen LogP contribution in [-0.4, -0.2) is 184 Å². The summed E-state index contributed by atoms with van der Waals surface area (Å²) in [4.78, 5) is 79.7. The molecule has 5 amide bonds. The van der Waals surface area contributed by atoms with Gasteiger partial charge in [0.25, 0.3) is 0 Å². The van der Waals surface area contributed by atoms with Crippen LogP contribution in [0.15, 0.2) is 100 Å². The number of nitrogens with zero attached hydrogens (tertiary/aromatic N) is 10. The van der Waals surface area contributed by atoms with Crippen LogP contribution in [-0.2, 0) is 52.9 Å². The van der Waals surface area contributed by atoms with Crippen molar-refractivity contribution < 1.29 is 23.9 Å². The van der Waals surface area contributed by atoms with Crippen molar-refractivity contribution in [3.05, 3.63) is 182 Å². The van der Waals surface area contributed by atoms with E-state index in [1.807, 2.05) is 67.4 Å². The number of rotatable bonds is 7. The number of primary amides is 1. The van der Waals surface area contributed by atoms with E-state index >= 15 is 0 Å². The fourth-order valence-corrected chi connectivity index (χ4v) is 19.0. The SMILES string of the molecule is CC(C)(C)OC(=O)N1CCC(CC(=O)N2CCN(C3c4ccc(Cl)c(Br)c4CCc4cc(Br)cnc43)CC2)CC1.Clc1ccc2c(c1Br)CCc1cc(Br)cnc1C2N1CCNCC1.NC(=O)N1CCC(CC(=O)N2CCN(C3c4ccc(Cl)c(Br)c4CCc4cc(Br)cnc43)CC2)CC1. The fraction of sp³-hybridized carbons (Fsp3) is 0.500. The first kappa shape index (κ1) is 75.8. The van der Waals surface area contributed by atoms with Crippen molar-refractivity contribution in [2.75, 3.05) is 105 Å². The Kier molecular flexibility index (Phi) is 25.6. The lowest BCUT2D eigenvalue weighted by atomic mass is 9.93. The zero-order chi connectivity index (χ0) is 70.7. The van der Waals surface area contributed by atoms with Crippen molar-refractivity contribution in [2.24, 2.45) is 17.6 Å². The summed E-state index contributed by atoms with van der Waals surface area (Å²) in [5.74, 6) is 1.05. The molecule has 5 saturated heterocycles. The molecule has 3 aromatic carbocycles. The number of ether oxygens (including phenoxy) is 1. The van der Waals surface area contributed by atoms with Gasteiger partial charge in [-0.15, -0.1) is 0 Å². The second-order valence-electron chi connectivity index (χ2n) is 28.3. The Morgan fingerprint density at radius 2 is 0.800 bits per heavy atom. The van der Waals surface area contributed by atoms with Crippen LogP contribution >= 0.6 is 130 Å². The molecule has 3 aliphatic carbocycles. The number of nitrogens with one attached hydrogen (secondary N) is 1. The van der Waals surface area contributed by atoms with Crippen molar-refractivity contribution in [3.8, 4) is 0 Å². The van der Waals surface area contributed by atoms with Crippen molar-refractivity contribution in [2.45, 2.75) is 122 Å². The monoisotopic (exact) mass is 1800 g/mol. The Morgan fingerprint density at radius 3 is 1.13 bits per heavy atom. The Balaban J connectivity index is 0.000000146. The van der Waals surface area contributed by atoms with E-state index in [0.29, 0.717) is 77.0 Å². The molecule has 14 rings (SSSR count). The predicted octanol–water partition coefficient (Wildman–Crippen LogP) is 15.8. The van der Waals surface area contributed by atoms with Crippen molar-refractivity contribution in [1.82, 2.24) is 54.6 Å². The fourth-order valence-electron chi connectivity index (χ4n) is 15.7. The number of likely N-dealkylation sites (tertiary alicyclic amines) is 2. The van der Waals surface area contributed by atoms with Gasteiger partial charge < -0.3 is 35.4 Å². The molecule has 3 aromatic heterocycles. The summed E-state index contributed by atoms with van der Waals surface area (Å²) in [6.45, 7) is 18.2. The van der Waals surface area contributed by atoms with Gasteiger partial charge in [-0.25, -0.2) is 9.59 Å². The zero-order valence-corrected chi connectivity index (χ0v) is 68.4. The number of fused-ring (bicyclic) bond motifs is 6. The molecule has 8 aliphatic rings. The topological polar surface area (TPSA) is 177 Å². The number of piperidine rings is 2. The van der Waals surface area contributed by atoms with Gasteiger partial charge in [-0.1, -0.05) is 53.0 Å². The molecule has 100 heavy (non-hydrogen) atoms. The quantitative estimate of drug-likeness (QED) is 0.155. The van der Waals surface area contributed by atoms with E-state index in [4.69, 9.17) is 60.2 Å². The first-order chi connectivity index (χ1) is 48.0. The van der Waals surface area contributed by atoms with E-state index in [2.05, 4.69) is 152 Å². The summed E-state index contributed by atoms with van der Waals surface area (Å²) in [5, 5.41) is 5.69. The van der Waals surface area contributed by atoms with Crippen LogP contribution < -0.4 is 11.1 Å². The molecule has 26 heteroatoms. The van der Waals surface area contributed by atoms with Crippen molar-refractivity contribution >= 4 is 154 Å². The molecule has 0 saturated carbocycles. The molecule has 17 nitrogen and oxygen atoms in total. The number of halogens is 9. The number of amides is 5. The van der Waals surface area contributed by atoms with E-state index in [9.17, 15) is 19.2 Å². The number of urea groups is 1. The minimum absolute atomic E-state index is 0.0172. The summed E-state index contributed by atoms with van der Waals surface area (Å²) in [6, 6.07) is 18.9. The number of aromatic nitrogens is 3. The highest BCUT2D eigenvalue weighted by molar-refractivity contribution is 9.11. The second kappa shape index (κ2) is 33.7. The van der Waals surface area contributed by atoms with Crippen LogP contribution in [0.25, 0.3) is 0 Å². The third-order valence-electron chi connectivity index (χ3n) is 20.9. The predicted molar refractivity (Wildman–Crippen MR) is 415 cm³/mol. The molecule has 3 unspecified atom stereocenters. The number of piperazine rings is 3. The molecule has 3 atom stereocenters. The Hall–Kier alpha value is -3.82. The number of benzene rings is 3. The van der Waals surface area contributed by atoms with Crippen LogP contribution in [0, 0.1) is 11.8 Å². The normalized spacial score (nSPS) is 20.8. The third kappa shape index (κ3) is 17.8. The molecule has 0 radical (unpaired) electrons. The first-order valence-corrected chi connectivity index (χ1v) is 40.7. The molecular formula is C74H85Br6Cl3N12O5. The average Bonchev–Trinajstić information content (AvgIpc) is 1.26. The van der Waals surface area contributed by atoms with Gasteiger partial charge in [0.15, 0.2) is 0 Å². The largest absolute Gasteiger partial charge is 0.444 e. The van der Waals surface area contributed by atoms with E-state index in [0.717, 1.165) is 170 Å². The summed E-state index contributed by atoms with van der Waals surface area (Å²) >= 11 is 41.3. The first-order valence-electron chi connectivity index (χ1n) is 34.8. The lowest BCUT2D eigenvalue weighted by Crippen LogP contribution is -2.50. The van der Waals surface area contributed by atoms with Crippen molar-refractivity contribution in [1.29, 1.82) is 0 Å². The summed E-state index contributed by atoms with van der Waals surface area (Å²) in [7, 11) is 0. The van der Waals surface area contributed by atoms with Crippen LogP contribution in [0.2, 0.25) is 15.1 Å². The average molecular weight is 1810 g/mol. The second-order valence-corrected chi connectivity index (χ2v) is 34.6. The molecule has 3 N–H and O–H groups in total. The standard InChI is InChI=1S/C30H37Br2ClN4O3.C26H30Br2ClN5O2.C18H18Br2ClN3/c1-30(2,3)40-29(39)37-10-8-19(9-11-37)16-25(38)35-12-14-36(15-13-35)28-23-6-7-24(33)26(32)22(23)5-4-20-17-21(31)18-34-27(20)28;27-18-14-17-1-2-19-20(3-4-21(29)23(19)28)25(24(17)31-15-18)33-11-9-32(10-12-33)22(35)13-16-5-7-34(8-6-16)26(30)36;19-12-9-11-1-2-13-14(3-4-15(21)16(13)20)18(17(11)23-10-12)24-7-5-22-6-8-24/h6-7,17-19,28H,4-5,8-16H2,1-3H3;3-4,14-16,25H,1-2,5-13H2,(H2,30,36);3-4,9-10,18,22H,1-2,5-8H2. The van der Waals surface area contributed by atoms with Gasteiger partial charge >= 0.3 is 12.1 Å². The highest BCUT2D eigenvalue weighted by Gasteiger charge is 2.39. The van der Waals surface area contributed by atoms with Gasteiger partial charge in [0.2, 0.25) is 11.8 Å². The minimum atomic E-state index is -0.497. The Morgan fingerprint density at radius 1 is 0.470 bits per heavy atom. The zero-order valence-electron chi connectivity index (χ0n) is 56.6. The van der Waals surface area contributed by atoms with Gasteiger partial charge in [-0.2, -0.15) is 0 Å². The molecule has 0 bridgehead atoms. The van der Waals surface area contributed by atoms with Crippen LogP contribution in [0.4, 0.5) is 9.59 Å². The number of hydrogen-bond donors (Lipinski definition) is 2. The van der Waals surface area contributed by atoms with Gasteiger partial charge in [0.05, 0.1) is 50.3 Å². The summed E-state index contributed by atoms with van der Waals surface area (Å²) < 4.78 is 11.5. The highest BCUT2D eigenvalue weighted by Crippen LogP contribution is 2.46. The maximum Gasteiger partial charge on any atom is 0.410 e. The van der Waals surface area contributed by atoms with Gasteiger partial charge in [0, 0.05) is 163 Å². The maximum absolute atomic E-state index is 13.3. The molecule has 6 aromatic rings. The van der Waals surface area contributed by atoms with Gasteiger partial charge in [-0.3, -0.25) is 39.2 Å². The molecule has 5 fully saturated rings. The number of carbonyl (C=O) groups is 4. The van der Waals surface area contributed by atoms with E-state index in [1.165, 1.54) is 55.8 Å². The van der Waals surface area contributed by atoms with Crippen molar-refractivity contribution in [3.63, 3.8) is 0 Å². The molecule has 5 aliphatic heterocycles. The number of carbonyl (C=O) groups excluding carboxylic acids is 4. The number of hydrogen-bond acceptors (Lipinski definition) is 12.